The third-order valence-corrected chi connectivity index (χ3v) is 9.65. The monoisotopic (exact) mass is 614 g/mol. The molecule has 2 fully saturated rings. The summed E-state index contributed by atoms with van der Waals surface area (Å²) in [6, 6.07) is 5.07. The average Bonchev–Trinajstić information content (AvgIpc) is 3.53. The molecule has 0 unspecified atom stereocenters. The summed E-state index contributed by atoms with van der Waals surface area (Å²) in [6.07, 6.45) is 7.22. The van der Waals surface area contributed by atoms with Crippen molar-refractivity contribution in [1.82, 2.24) is 20.5 Å². The molecule has 2 N–H and O–H groups in total. The predicted octanol–water partition coefficient (Wildman–Crippen LogP) is 5.40. The molecule has 4 rings (SSSR count). The summed E-state index contributed by atoms with van der Waals surface area (Å²) in [5, 5.41) is 9.76. The fourth-order valence-corrected chi connectivity index (χ4v) is 6.68. The molecule has 2 aliphatic rings. The molecule has 1 aromatic carbocycles. The minimum absolute atomic E-state index is 0.0371. The molecule has 2 aromatic rings. The van der Waals surface area contributed by atoms with Crippen LogP contribution in [0.2, 0.25) is 5.02 Å². The number of nitrogens with zero attached hydrogens (tertiary/aromatic N) is 2. The van der Waals surface area contributed by atoms with Gasteiger partial charge in [-0.2, -0.15) is 0 Å². The minimum atomic E-state index is -0.478. The molecule has 6 nitrogen and oxygen atoms in total. The van der Waals surface area contributed by atoms with Crippen molar-refractivity contribution in [2.45, 2.75) is 70.0 Å². The van der Waals surface area contributed by atoms with Crippen LogP contribution in [0.15, 0.2) is 23.6 Å². The summed E-state index contributed by atoms with van der Waals surface area (Å²) >= 11 is 10.4. The fourth-order valence-electron chi connectivity index (χ4n) is 4.99. The molecule has 34 heavy (non-hydrogen) atoms. The van der Waals surface area contributed by atoms with Crippen molar-refractivity contribution in [3.8, 4) is 11.3 Å². The molecule has 9 heteroatoms. The number of likely N-dealkylation sites (N-methyl/N-ethyl adjacent to an activating group) is 1. The predicted molar refractivity (Wildman–Crippen MR) is 146 cm³/mol. The van der Waals surface area contributed by atoms with Crippen molar-refractivity contribution in [3.05, 3.63) is 37.2 Å². The molecule has 0 radical (unpaired) electrons. The highest BCUT2D eigenvalue weighted by molar-refractivity contribution is 14.1. The first-order valence-electron chi connectivity index (χ1n) is 12.1. The SMILES string of the molecule is CN[C@@H](C)C(=O)N[C@H](C(=O)N1CCC[C@H]1c1nc(-c2cccc(I)c2Cl)cs1)C1CCCCC1. The molecule has 2 heterocycles. The van der Waals surface area contributed by atoms with Gasteiger partial charge < -0.3 is 15.5 Å². The summed E-state index contributed by atoms with van der Waals surface area (Å²) in [6.45, 7) is 2.52. The molecule has 1 aliphatic heterocycles. The number of amides is 2. The maximum absolute atomic E-state index is 13.9. The van der Waals surface area contributed by atoms with Crippen molar-refractivity contribution in [1.29, 1.82) is 0 Å². The molecule has 1 aliphatic carbocycles. The van der Waals surface area contributed by atoms with Gasteiger partial charge in [0, 0.05) is 21.1 Å². The Morgan fingerprint density at radius 2 is 1.97 bits per heavy atom. The molecular weight excluding hydrogens is 583 g/mol. The molecule has 2 amide bonds. The van der Waals surface area contributed by atoms with Gasteiger partial charge in [0.25, 0.3) is 0 Å². The van der Waals surface area contributed by atoms with E-state index in [1.807, 2.05) is 35.4 Å². The van der Waals surface area contributed by atoms with E-state index in [0.29, 0.717) is 11.6 Å². The first-order chi connectivity index (χ1) is 16.4. The van der Waals surface area contributed by atoms with E-state index in [1.54, 1.807) is 18.4 Å². The minimum Gasteiger partial charge on any atom is -0.343 e. The normalized spacial score (nSPS) is 20.8. The van der Waals surface area contributed by atoms with E-state index < -0.39 is 6.04 Å². The number of benzene rings is 1. The van der Waals surface area contributed by atoms with Crippen molar-refractivity contribution in [2.24, 2.45) is 5.92 Å². The van der Waals surface area contributed by atoms with Gasteiger partial charge in [0.15, 0.2) is 0 Å². The first-order valence-corrected chi connectivity index (χ1v) is 14.4. The maximum Gasteiger partial charge on any atom is 0.246 e. The number of nitrogens with one attached hydrogen (secondary N) is 2. The van der Waals surface area contributed by atoms with Gasteiger partial charge in [0.1, 0.15) is 11.0 Å². The molecule has 0 bridgehead atoms. The van der Waals surface area contributed by atoms with Crippen LogP contribution < -0.4 is 10.6 Å². The zero-order chi connectivity index (χ0) is 24.2. The first kappa shape index (κ1) is 25.9. The Bertz CT molecular complexity index is 1030. The topological polar surface area (TPSA) is 74.3 Å². The molecule has 1 saturated carbocycles. The van der Waals surface area contributed by atoms with Crippen LogP contribution in [0.25, 0.3) is 11.3 Å². The van der Waals surface area contributed by atoms with Crippen molar-refractivity contribution >= 4 is 57.3 Å². The average molecular weight is 615 g/mol. The van der Waals surface area contributed by atoms with E-state index in [9.17, 15) is 9.59 Å². The third-order valence-electron chi connectivity index (χ3n) is 7.08. The Labute approximate surface area is 224 Å². The van der Waals surface area contributed by atoms with Gasteiger partial charge in [0.2, 0.25) is 11.8 Å². The van der Waals surface area contributed by atoms with Crippen LogP contribution in [0, 0.1) is 9.49 Å². The molecule has 0 spiro atoms. The number of carbonyl (C=O) groups is 2. The number of hydrogen-bond donors (Lipinski definition) is 2. The van der Waals surface area contributed by atoms with Crippen molar-refractivity contribution in [2.75, 3.05) is 13.6 Å². The van der Waals surface area contributed by atoms with Crippen LogP contribution in [0.4, 0.5) is 0 Å². The van der Waals surface area contributed by atoms with Gasteiger partial charge in [-0.1, -0.05) is 43.0 Å². The second kappa shape index (κ2) is 11.7. The number of aromatic nitrogens is 1. The molecule has 1 saturated heterocycles. The number of hydrogen-bond acceptors (Lipinski definition) is 5. The zero-order valence-electron chi connectivity index (χ0n) is 19.7. The molecule has 184 valence electrons. The lowest BCUT2D eigenvalue weighted by Gasteiger charge is -2.35. The quantitative estimate of drug-likeness (QED) is 0.410. The highest BCUT2D eigenvalue weighted by atomic mass is 127. The number of carbonyl (C=O) groups excluding carboxylic acids is 2. The van der Waals surface area contributed by atoms with E-state index in [2.05, 4.69) is 33.2 Å². The van der Waals surface area contributed by atoms with Crippen LogP contribution in [-0.2, 0) is 9.59 Å². The lowest BCUT2D eigenvalue weighted by Crippen LogP contribution is -2.55. The summed E-state index contributed by atoms with van der Waals surface area (Å²) in [7, 11) is 1.76. The van der Waals surface area contributed by atoms with Crippen LogP contribution in [0.1, 0.15) is 62.9 Å². The number of thiazole rings is 1. The van der Waals surface area contributed by atoms with Crippen LogP contribution in [0.3, 0.4) is 0 Å². The Kier molecular flexibility index (Phi) is 8.87. The van der Waals surface area contributed by atoms with Crippen LogP contribution in [-0.4, -0.2) is 47.4 Å². The molecular formula is C25H32ClIN4O2S. The summed E-state index contributed by atoms with van der Waals surface area (Å²) in [5.41, 5.74) is 1.77. The highest BCUT2D eigenvalue weighted by Gasteiger charge is 2.40. The number of halogens is 2. The maximum atomic E-state index is 13.9. The Morgan fingerprint density at radius 1 is 1.21 bits per heavy atom. The van der Waals surface area contributed by atoms with E-state index in [1.165, 1.54) is 6.42 Å². The summed E-state index contributed by atoms with van der Waals surface area (Å²) in [5.74, 6) is 0.106. The largest absolute Gasteiger partial charge is 0.343 e. The summed E-state index contributed by atoms with van der Waals surface area (Å²) in [4.78, 5) is 33.5. The molecule has 1 aromatic heterocycles. The smallest absolute Gasteiger partial charge is 0.246 e. The lowest BCUT2D eigenvalue weighted by molar-refractivity contribution is -0.139. The van der Waals surface area contributed by atoms with Gasteiger partial charge in [-0.05, 0) is 74.2 Å². The van der Waals surface area contributed by atoms with Crippen LogP contribution in [0.5, 0.6) is 0 Å². The fraction of sp³-hybridized carbons (Fsp3) is 0.560. The van der Waals surface area contributed by atoms with Gasteiger partial charge in [-0.3, -0.25) is 9.59 Å². The third kappa shape index (κ3) is 5.60. The van der Waals surface area contributed by atoms with Gasteiger partial charge in [-0.15, -0.1) is 11.3 Å². The van der Waals surface area contributed by atoms with Crippen molar-refractivity contribution in [3.63, 3.8) is 0 Å². The van der Waals surface area contributed by atoms with E-state index in [0.717, 1.165) is 58.4 Å². The lowest BCUT2D eigenvalue weighted by atomic mass is 9.83. The standard InChI is InChI=1S/C25H32ClIN4O2S/c1-15(28-2)23(32)30-22(16-8-4-3-5-9-16)25(33)31-13-7-12-20(31)24-29-19(14-34-24)17-10-6-11-18(27)21(17)26/h6,10-11,14-16,20,22,28H,3-5,7-9,12-13H2,1-2H3,(H,30,32)/t15-,20-,22-/m0/s1. The van der Waals surface area contributed by atoms with Gasteiger partial charge in [0.05, 0.1) is 22.8 Å². The zero-order valence-corrected chi connectivity index (χ0v) is 23.4. The Balaban J connectivity index is 1.57. The second-order valence-corrected chi connectivity index (χ2v) is 11.7. The van der Waals surface area contributed by atoms with E-state index in [4.69, 9.17) is 16.6 Å². The second-order valence-electron chi connectivity index (χ2n) is 9.26. The molecule has 3 atom stereocenters. The van der Waals surface area contributed by atoms with E-state index >= 15 is 0 Å². The van der Waals surface area contributed by atoms with Crippen LogP contribution >= 0.6 is 45.5 Å². The van der Waals surface area contributed by atoms with Gasteiger partial charge >= 0.3 is 0 Å². The highest BCUT2D eigenvalue weighted by Crippen LogP contribution is 2.39. The Hall–Kier alpha value is -1.23. The van der Waals surface area contributed by atoms with E-state index in [-0.39, 0.29) is 29.8 Å². The number of likely N-dealkylation sites (tertiary alicyclic amines) is 1. The summed E-state index contributed by atoms with van der Waals surface area (Å²) < 4.78 is 0.992. The number of rotatable bonds is 7. The Morgan fingerprint density at radius 3 is 2.71 bits per heavy atom. The van der Waals surface area contributed by atoms with Gasteiger partial charge in [-0.25, -0.2) is 4.98 Å². The van der Waals surface area contributed by atoms with Crippen molar-refractivity contribution < 1.29 is 9.59 Å².